The number of benzene rings is 2. The van der Waals surface area contributed by atoms with Gasteiger partial charge in [0.15, 0.2) is 11.0 Å². The van der Waals surface area contributed by atoms with Gasteiger partial charge in [-0.05, 0) is 23.1 Å². The predicted octanol–water partition coefficient (Wildman–Crippen LogP) is 1.78. The number of rotatable bonds is 1. The Morgan fingerprint density at radius 2 is 2.13 bits per heavy atom. The molecule has 0 radical (unpaired) electrons. The Bertz CT molecular complexity index is 580. The Morgan fingerprint density at radius 3 is 2.93 bits per heavy atom. The van der Waals surface area contributed by atoms with Crippen molar-refractivity contribution in [2.45, 2.75) is 11.5 Å². The van der Waals surface area contributed by atoms with Crippen LogP contribution >= 0.6 is 0 Å². The molecule has 3 rings (SSSR count). The zero-order valence-corrected chi connectivity index (χ0v) is 8.67. The van der Waals surface area contributed by atoms with Crippen LogP contribution in [0.4, 0.5) is 5.69 Å². The molecule has 0 amide bonds. The molecule has 1 unspecified atom stereocenters. The monoisotopic (exact) mass is 219 g/mol. The maximum atomic E-state index is 11.7. The van der Waals surface area contributed by atoms with Crippen molar-refractivity contribution >= 4 is 27.4 Å². The first kappa shape index (κ1) is 8.88. The topological polar surface area (TPSA) is 49.3 Å². The van der Waals surface area contributed by atoms with Gasteiger partial charge in [-0.25, -0.2) is 4.21 Å². The summed E-state index contributed by atoms with van der Waals surface area (Å²) in [4.78, 5) is 0.804. The van der Waals surface area contributed by atoms with E-state index in [0.717, 1.165) is 26.9 Å². The zero-order valence-electron chi connectivity index (χ0n) is 7.86. The smallest absolute Gasteiger partial charge is 0.151 e. The van der Waals surface area contributed by atoms with Gasteiger partial charge in [-0.2, -0.15) is 0 Å². The minimum atomic E-state index is -1.15. The largest absolute Gasteiger partial charge is 0.392 e. The van der Waals surface area contributed by atoms with E-state index in [1.165, 1.54) is 0 Å². The molecule has 1 atom stereocenters. The van der Waals surface area contributed by atoms with Gasteiger partial charge in [0.2, 0.25) is 0 Å². The third-order valence-electron chi connectivity index (χ3n) is 2.67. The second-order valence-corrected chi connectivity index (χ2v) is 4.66. The minimum Gasteiger partial charge on any atom is -0.392 e. The second kappa shape index (κ2) is 3.05. The molecule has 0 saturated heterocycles. The fourth-order valence-electron chi connectivity index (χ4n) is 1.97. The molecule has 15 heavy (non-hydrogen) atoms. The average Bonchev–Trinajstić information content (AvgIpc) is 2.59. The lowest BCUT2D eigenvalue weighted by atomic mass is 10.0. The van der Waals surface area contributed by atoms with Crippen molar-refractivity contribution in [2.75, 3.05) is 4.72 Å². The lowest BCUT2D eigenvalue weighted by Gasteiger charge is -2.04. The summed E-state index contributed by atoms with van der Waals surface area (Å²) in [6, 6.07) is 9.38. The molecular weight excluding hydrogens is 210 g/mol. The van der Waals surface area contributed by atoms with Gasteiger partial charge in [-0.3, -0.25) is 0 Å². The molecule has 0 bridgehead atoms. The van der Waals surface area contributed by atoms with Crippen molar-refractivity contribution in [3.05, 3.63) is 35.9 Å². The van der Waals surface area contributed by atoms with E-state index in [1.807, 2.05) is 30.3 Å². The van der Waals surface area contributed by atoms with Crippen LogP contribution in [0.15, 0.2) is 35.2 Å². The first-order valence-electron chi connectivity index (χ1n) is 4.65. The van der Waals surface area contributed by atoms with E-state index >= 15 is 0 Å². The first-order valence-corrected chi connectivity index (χ1v) is 5.80. The molecule has 2 aromatic carbocycles. The van der Waals surface area contributed by atoms with Crippen molar-refractivity contribution in [3.8, 4) is 0 Å². The first-order chi connectivity index (χ1) is 7.31. The standard InChI is InChI=1S/C11H9NO2S/c13-6-7-4-5-9-11-8(7)2-1-3-10(11)15(14)12-9/h1-5,12-13H,6H2. The summed E-state index contributed by atoms with van der Waals surface area (Å²) in [6.07, 6.45) is 0. The number of aliphatic hydroxyl groups is 1. The maximum Gasteiger partial charge on any atom is 0.151 e. The van der Waals surface area contributed by atoms with Crippen LogP contribution in [0.1, 0.15) is 5.56 Å². The summed E-state index contributed by atoms with van der Waals surface area (Å²) in [7, 11) is -1.15. The van der Waals surface area contributed by atoms with E-state index in [0.29, 0.717) is 0 Å². The Morgan fingerprint density at radius 1 is 1.27 bits per heavy atom. The van der Waals surface area contributed by atoms with E-state index in [9.17, 15) is 9.32 Å². The lowest BCUT2D eigenvalue weighted by molar-refractivity contribution is 0.283. The van der Waals surface area contributed by atoms with Crippen molar-refractivity contribution in [1.82, 2.24) is 0 Å². The fourth-order valence-corrected chi connectivity index (χ4v) is 3.05. The van der Waals surface area contributed by atoms with Crippen LogP contribution in [-0.2, 0) is 17.6 Å². The third kappa shape index (κ3) is 1.12. The van der Waals surface area contributed by atoms with Crippen molar-refractivity contribution in [3.63, 3.8) is 0 Å². The number of anilines is 1. The van der Waals surface area contributed by atoms with Gasteiger partial charge in [-0.15, -0.1) is 0 Å². The van der Waals surface area contributed by atoms with Crippen LogP contribution in [0, 0.1) is 0 Å². The zero-order chi connectivity index (χ0) is 10.4. The van der Waals surface area contributed by atoms with Gasteiger partial charge in [0, 0.05) is 5.39 Å². The minimum absolute atomic E-state index is 0.00681. The van der Waals surface area contributed by atoms with Crippen molar-refractivity contribution in [2.24, 2.45) is 0 Å². The summed E-state index contributed by atoms with van der Waals surface area (Å²) in [5.74, 6) is 0. The molecule has 0 aliphatic carbocycles. The van der Waals surface area contributed by atoms with E-state index in [-0.39, 0.29) is 6.61 Å². The van der Waals surface area contributed by atoms with Crippen LogP contribution in [0.3, 0.4) is 0 Å². The summed E-state index contributed by atoms with van der Waals surface area (Å²) in [5, 5.41) is 11.2. The molecule has 1 aliphatic rings. The Balaban J connectivity index is 2.50. The lowest BCUT2D eigenvalue weighted by Crippen LogP contribution is -1.95. The van der Waals surface area contributed by atoms with Crippen molar-refractivity contribution < 1.29 is 9.32 Å². The molecule has 0 saturated carbocycles. The Kier molecular flexibility index (Phi) is 1.81. The Hall–Kier alpha value is -1.39. The molecule has 0 aromatic heterocycles. The van der Waals surface area contributed by atoms with Crippen molar-refractivity contribution in [1.29, 1.82) is 0 Å². The molecule has 2 N–H and O–H groups in total. The molecular formula is C11H9NO2S. The maximum absolute atomic E-state index is 11.7. The molecule has 76 valence electrons. The summed E-state index contributed by atoms with van der Waals surface area (Å²) >= 11 is 0. The molecule has 4 heteroatoms. The van der Waals surface area contributed by atoms with E-state index in [2.05, 4.69) is 4.72 Å². The van der Waals surface area contributed by atoms with Crippen LogP contribution in [0.2, 0.25) is 0 Å². The van der Waals surface area contributed by atoms with Crippen LogP contribution in [0.25, 0.3) is 10.8 Å². The van der Waals surface area contributed by atoms with Gasteiger partial charge in [0.05, 0.1) is 17.2 Å². The highest BCUT2D eigenvalue weighted by molar-refractivity contribution is 7.87. The average molecular weight is 219 g/mol. The number of nitrogens with one attached hydrogen (secondary N) is 1. The Labute approximate surface area is 89.3 Å². The SMILES string of the molecule is O=S1Nc2ccc(CO)c3cccc1c23. The number of hydrogen-bond donors (Lipinski definition) is 2. The van der Waals surface area contributed by atoms with Gasteiger partial charge >= 0.3 is 0 Å². The highest BCUT2D eigenvalue weighted by Gasteiger charge is 2.20. The van der Waals surface area contributed by atoms with E-state index < -0.39 is 11.0 Å². The highest BCUT2D eigenvalue weighted by Crippen LogP contribution is 2.36. The molecule has 0 spiro atoms. The summed E-state index contributed by atoms with van der Waals surface area (Å²) in [5.41, 5.74) is 1.76. The van der Waals surface area contributed by atoms with E-state index in [1.54, 1.807) is 0 Å². The molecule has 0 fully saturated rings. The summed E-state index contributed by atoms with van der Waals surface area (Å²) in [6.45, 7) is 0.00681. The van der Waals surface area contributed by atoms with Gasteiger partial charge in [0.25, 0.3) is 0 Å². The summed E-state index contributed by atoms with van der Waals surface area (Å²) < 4.78 is 14.6. The molecule has 1 heterocycles. The molecule has 2 aromatic rings. The highest BCUT2D eigenvalue weighted by atomic mass is 32.2. The third-order valence-corrected chi connectivity index (χ3v) is 3.81. The van der Waals surface area contributed by atoms with Gasteiger partial charge < -0.3 is 9.83 Å². The quantitative estimate of drug-likeness (QED) is 0.768. The van der Waals surface area contributed by atoms with Crippen LogP contribution < -0.4 is 4.72 Å². The number of hydrogen-bond acceptors (Lipinski definition) is 2. The van der Waals surface area contributed by atoms with Gasteiger partial charge in [-0.1, -0.05) is 18.2 Å². The van der Waals surface area contributed by atoms with Crippen LogP contribution in [0.5, 0.6) is 0 Å². The van der Waals surface area contributed by atoms with Gasteiger partial charge in [0.1, 0.15) is 0 Å². The number of aliphatic hydroxyl groups excluding tert-OH is 1. The second-order valence-electron chi connectivity index (χ2n) is 3.48. The van der Waals surface area contributed by atoms with E-state index in [4.69, 9.17) is 0 Å². The molecule has 1 aliphatic heterocycles. The normalized spacial score (nSPS) is 18.1. The fraction of sp³-hybridized carbons (Fsp3) is 0.0909. The molecule has 3 nitrogen and oxygen atoms in total. The van der Waals surface area contributed by atoms with Crippen LogP contribution in [-0.4, -0.2) is 9.32 Å². The predicted molar refractivity (Wildman–Crippen MR) is 59.9 cm³/mol.